The summed E-state index contributed by atoms with van der Waals surface area (Å²) in [7, 11) is 1.89. The number of aryl methyl sites for hydroxylation is 1. The van der Waals surface area contributed by atoms with Crippen LogP contribution in [0, 0.1) is 0 Å². The number of aliphatic hydroxyl groups is 1. The minimum absolute atomic E-state index is 0.0155. The van der Waals surface area contributed by atoms with E-state index in [0.717, 1.165) is 47.8 Å². The lowest BCUT2D eigenvalue weighted by Crippen LogP contribution is -2.56. The molecule has 2 aliphatic carbocycles. The van der Waals surface area contributed by atoms with E-state index < -0.39 is 0 Å². The summed E-state index contributed by atoms with van der Waals surface area (Å²) >= 11 is 0. The van der Waals surface area contributed by atoms with Crippen LogP contribution in [0.15, 0.2) is 36.7 Å². The molecule has 1 aliphatic heterocycles. The third kappa shape index (κ3) is 4.10. The lowest BCUT2D eigenvalue weighted by Gasteiger charge is -2.41. The Morgan fingerprint density at radius 3 is 2.46 bits per heavy atom. The SMILES string of the molecule is Cn1c(C(=O)N2CCN([C@H]3CC[C@H](O)CC3)C(=O)C2)nc2c(-c3ccncc3)cc(C3CC3)cc21. The molecule has 1 N–H and O–H groups in total. The third-order valence-electron chi connectivity index (χ3n) is 7.89. The van der Waals surface area contributed by atoms with Gasteiger partial charge < -0.3 is 19.5 Å². The number of nitrogens with zero attached hydrogens (tertiary/aromatic N) is 5. The van der Waals surface area contributed by atoms with E-state index in [1.54, 1.807) is 17.3 Å². The zero-order valence-electron chi connectivity index (χ0n) is 20.1. The number of aromatic nitrogens is 3. The molecular formula is C27H31N5O3. The van der Waals surface area contributed by atoms with Gasteiger partial charge in [-0.15, -0.1) is 0 Å². The standard InChI is InChI=1S/C27H31N5O3/c1-30-23-15-19(17-2-3-17)14-22(18-8-10-28-11-9-18)25(23)29-26(30)27(35)31-12-13-32(24(34)16-31)20-4-6-21(33)7-5-20/h8-11,14-15,17,20-21,33H,2-7,12-13,16H2,1H3/t20-,21-. The summed E-state index contributed by atoms with van der Waals surface area (Å²) in [4.78, 5) is 39.1. The molecule has 2 amide bonds. The average molecular weight is 474 g/mol. The van der Waals surface area contributed by atoms with Crippen molar-refractivity contribution in [3.63, 3.8) is 0 Å². The van der Waals surface area contributed by atoms with Gasteiger partial charge in [-0.25, -0.2) is 4.98 Å². The summed E-state index contributed by atoms with van der Waals surface area (Å²) in [6.45, 7) is 1.10. The van der Waals surface area contributed by atoms with Crippen molar-refractivity contribution in [1.29, 1.82) is 0 Å². The lowest BCUT2D eigenvalue weighted by molar-refractivity contribution is -0.138. The summed E-state index contributed by atoms with van der Waals surface area (Å²) in [5.74, 6) is 0.716. The maximum absolute atomic E-state index is 13.6. The van der Waals surface area contributed by atoms with Gasteiger partial charge in [0.2, 0.25) is 5.91 Å². The van der Waals surface area contributed by atoms with Gasteiger partial charge in [0.1, 0.15) is 6.54 Å². The van der Waals surface area contributed by atoms with Crippen molar-refractivity contribution < 1.29 is 14.7 Å². The maximum Gasteiger partial charge on any atom is 0.290 e. The van der Waals surface area contributed by atoms with E-state index >= 15 is 0 Å². The van der Waals surface area contributed by atoms with Gasteiger partial charge in [-0.2, -0.15) is 0 Å². The fraction of sp³-hybridized carbons (Fsp3) is 0.481. The van der Waals surface area contributed by atoms with Gasteiger partial charge in [0.15, 0.2) is 5.82 Å². The van der Waals surface area contributed by atoms with Crippen LogP contribution in [-0.4, -0.2) is 73.0 Å². The summed E-state index contributed by atoms with van der Waals surface area (Å²) in [6, 6.07) is 8.50. The number of carbonyl (C=O) groups excluding carboxylic acids is 2. The molecule has 0 bridgehead atoms. The number of hydrogen-bond acceptors (Lipinski definition) is 5. The molecule has 182 valence electrons. The predicted octanol–water partition coefficient (Wildman–Crippen LogP) is 3.10. The van der Waals surface area contributed by atoms with Crippen LogP contribution in [0.2, 0.25) is 0 Å². The first-order valence-electron chi connectivity index (χ1n) is 12.7. The molecule has 1 saturated heterocycles. The van der Waals surface area contributed by atoms with E-state index in [-0.39, 0.29) is 30.5 Å². The summed E-state index contributed by atoms with van der Waals surface area (Å²) < 4.78 is 1.88. The van der Waals surface area contributed by atoms with Crippen LogP contribution in [0.3, 0.4) is 0 Å². The first-order valence-corrected chi connectivity index (χ1v) is 12.7. The van der Waals surface area contributed by atoms with Gasteiger partial charge in [-0.1, -0.05) is 0 Å². The number of pyridine rings is 1. The van der Waals surface area contributed by atoms with Crippen LogP contribution >= 0.6 is 0 Å². The molecule has 3 aromatic rings. The van der Waals surface area contributed by atoms with Crippen molar-refractivity contribution in [2.75, 3.05) is 19.6 Å². The lowest BCUT2D eigenvalue weighted by atomic mass is 9.91. The smallest absolute Gasteiger partial charge is 0.290 e. The van der Waals surface area contributed by atoms with Gasteiger partial charge in [-0.3, -0.25) is 14.6 Å². The second kappa shape index (κ2) is 8.75. The number of hydrogen-bond donors (Lipinski definition) is 1. The molecule has 1 aromatic carbocycles. The van der Waals surface area contributed by atoms with E-state index in [1.165, 1.54) is 18.4 Å². The number of amides is 2. The molecule has 3 fully saturated rings. The van der Waals surface area contributed by atoms with E-state index in [9.17, 15) is 14.7 Å². The van der Waals surface area contributed by atoms with Crippen LogP contribution in [0.1, 0.15) is 60.6 Å². The number of benzene rings is 1. The highest BCUT2D eigenvalue weighted by Gasteiger charge is 2.35. The number of imidazole rings is 1. The Labute approximate surface area is 204 Å². The maximum atomic E-state index is 13.6. The Bertz CT molecular complexity index is 1270. The Hall–Kier alpha value is -3.26. The Kier molecular flexibility index (Phi) is 5.56. The highest BCUT2D eigenvalue weighted by molar-refractivity contribution is 6.01. The summed E-state index contributed by atoms with van der Waals surface area (Å²) in [5.41, 5.74) is 5.08. The molecule has 0 spiro atoms. The van der Waals surface area contributed by atoms with Crippen LogP contribution in [0.4, 0.5) is 0 Å². The highest BCUT2D eigenvalue weighted by atomic mass is 16.3. The van der Waals surface area contributed by atoms with Gasteiger partial charge >= 0.3 is 0 Å². The van der Waals surface area contributed by atoms with E-state index in [0.29, 0.717) is 24.8 Å². The molecule has 0 radical (unpaired) electrons. The second-order valence-electron chi connectivity index (χ2n) is 10.2. The van der Waals surface area contributed by atoms with Gasteiger partial charge in [-0.05, 0) is 79.8 Å². The average Bonchev–Trinajstić information content (AvgIpc) is 3.68. The van der Waals surface area contributed by atoms with E-state index in [1.807, 2.05) is 28.6 Å². The second-order valence-corrected chi connectivity index (χ2v) is 10.2. The molecule has 35 heavy (non-hydrogen) atoms. The highest BCUT2D eigenvalue weighted by Crippen LogP contribution is 2.43. The molecule has 0 unspecified atom stereocenters. The van der Waals surface area contributed by atoms with Crippen LogP contribution < -0.4 is 0 Å². The van der Waals surface area contributed by atoms with Crippen molar-refractivity contribution >= 4 is 22.8 Å². The summed E-state index contributed by atoms with van der Waals surface area (Å²) in [5, 5.41) is 9.79. The van der Waals surface area contributed by atoms with Crippen molar-refractivity contribution in [3.05, 3.63) is 48.0 Å². The normalized spacial score (nSPS) is 23.2. The number of carbonyl (C=O) groups is 2. The molecular weight excluding hydrogens is 442 g/mol. The van der Waals surface area contributed by atoms with E-state index in [4.69, 9.17) is 4.98 Å². The number of fused-ring (bicyclic) bond motifs is 1. The largest absolute Gasteiger partial charge is 0.393 e. The Morgan fingerprint density at radius 1 is 1.03 bits per heavy atom. The minimum Gasteiger partial charge on any atom is -0.393 e. The first-order chi connectivity index (χ1) is 17.0. The Morgan fingerprint density at radius 2 is 1.77 bits per heavy atom. The monoisotopic (exact) mass is 473 g/mol. The van der Waals surface area contributed by atoms with Gasteiger partial charge in [0, 0.05) is 44.1 Å². The van der Waals surface area contributed by atoms with Crippen molar-refractivity contribution in [3.8, 4) is 11.1 Å². The van der Waals surface area contributed by atoms with Gasteiger partial charge in [0.05, 0.1) is 17.1 Å². The fourth-order valence-corrected chi connectivity index (χ4v) is 5.66. The fourth-order valence-electron chi connectivity index (χ4n) is 5.66. The molecule has 6 rings (SSSR count). The molecule has 8 heteroatoms. The molecule has 3 heterocycles. The topological polar surface area (TPSA) is 91.6 Å². The van der Waals surface area contributed by atoms with Gasteiger partial charge in [0.25, 0.3) is 5.91 Å². The molecule has 2 saturated carbocycles. The third-order valence-corrected chi connectivity index (χ3v) is 7.89. The van der Waals surface area contributed by atoms with Crippen LogP contribution in [-0.2, 0) is 11.8 Å². The molecule has 3 aliphatic rings. The molecule has 0 atom stereocenters. The van der Waals surface area contributed by atoms with Crippen LogP contribution in [0.5, 0.6) is 0 Å². The predicted molar refractivity (Wildman–Crippen MR) is 132 cm³/mol. The van der Waals surface area contributed by atoms with Crippen LogP contribution in [0.25, 0.3) is 22.2 Å². The van der Waals surface area contributed by atoms with Crippen molar-refractivity contribution in [1.82, 2.24) is 24.3 Å². The summed E-state index contributed by atoms with van der Waals surface area (Å²) in [6.07, 6.45) is 8.81. The van der Waals surface area contributed by atoms with E-state index in [2.05, 4.69) is 17.1 Å². The number of piperazine rings is 1. The minimum atomic E-state index is -0.251. The number of rotatable bonds is 4. The molecule has 2 aromatic heterocycles. The van der Waals surface area contributed by atoms with Crippen molar-refractivity contribution in [2.45, 2.75) is 56.6 Å². The zero-order valence-corrected chi connectivity index (χ0v) is 20.1. The zero-order chi connectivity index (χ0) is 24.1. The first kappa shape index (κ1) is 22.2. The Balaban J connectivity index is 1.29. The van der Waals surface area contributed by atoms with Crippen molar-refractivity contribution in [2.24, 2.45) is 7.05 Å². The number of aliphatic hydroxyl groups excluding tert-OH is 1. The quantitative estimate of drug-likeness (QED) is 0.629. The molecule has 8 nitrogen and oxygen atoms in total.